The average Bonchev–Trinajstić information content (AvgIpc) is 2.92. The van der Waals surface area contributed by atoms with Crippen molar-refractivity contribution in [2.45, 2.75) is 52.4 Å². The Labute approximate surface area is 101 Å². The van der Waals surface area contributed by atoms with E-state index in [1.165, 1.54) is 32.1 Å². The highest BCUT2D eigenvalue weighted by atomic mass is 16.5. The third kappa shape index (κ3) is 13.9. The molecule has 16 heavy (non-hydrogen) atoms. The molecular formula is C13H30O3. The molecule has 1 rings (SSSR count). The van der Waals surface area contributed by atoms with Crippen molar-refractivity contribution in [1.82, 2.24) is 0 Å². The summed E-state index contributed by atoms with van der Waals surface area (Å²) in [6.07, 6.45) is 7.38. The van der Waals surface area contributed by atoms with E-state index < -0.39 is 0 Å². The van der Waals surface area contributed by atoms with E-state index in [4.69, 9.17) is 14.9 Å². The molecule has 0 aromatic heterocycles. The Hall–Kier alpha value is -0.120. The first-order chi connectivity index (χ1) is 7.85. The van der Waals surface area contributed by atoms with Crippen molar-refractivity contribution < 1.29 is 14.9 Å². The number of aliphatic hydroxyl groups excluding tert-OH is 2. The third-order valence-corrected chi connectivity index (χ3v) is 2.63. The van der Waals surface area contributed by atoms with Crippen LogP contribution >= 0.6 is 0 Å². The van der Waals surface area contributed by atoms with Crippen molar-refractivity contribution >= 4 is 0 Å². The van der Waals surface area contributed by atoms with Gasteiger partial charge < -0.3 is 14.9 Å². The molecule has 1 heterocycles. The molecular weight excluding hydrogens is 204 g/mol. The van der Waals surface area contributed by atoms with Gasteiger partial charge >= 0.3 is 0 Å². The van der Waals surface area contributed by atoms with Crippen LogP contribution in [0.4, 0.5) is 0 Å². The maximum Gasteiger partial charge on any atom is 0.0466 e. The van der Waals surface area contributed by atoms with E-state index in [-0.39, 0.29) is 0 Å². The zero-order chi connectivity index (χ0) is 12.6. The first-order valence-electron chi connectivity index (χ1n) is 6.48. The third-order valence-electron chi connectivity index (χ3n) is 2.63. The Balaban J connectivity index is 0. The van der Waals surface area contributed by atoms with Crippen molar-refractivity contribution in [3.63, 3.8) is 0 Å². The fraction of sp³-hybridized carbons (Fsp3) is 1.00. The molecule has 0 saturated carbocycles. The van der Waals surface area contributed by atoms with Gasteiger partial charge in [-0.1, -0.05) is 33.1 Å². The van der Waals surface area contributed by atoms with E-state index in [0.717, 1.165) is 26.7 Å². The topological polar surface area (TPSA) is 49.7 Å². The summed E-state index contributed by atoms with van der Waals surface area (Å²) in [4.78, 5) is 0. The van der Waals surface area contributed by atoms with Gasteiger partial charge in [-0.05, 0) is 25.2 Å². The van der Waals surface area contributed by atoms with Gasteiger partial charge in [0.25, 0.3) is 0 Å². The van der Waals surface area contributed by atoms with Crippen LogP contribution in [0.25, 0.3) is 0 Å². The first kappa shape index (κ1) is 18.3. The molecule has 0 amide bonds. The molecule has 0 bridgehead atoms. The molecule has 0 aromatic carbocycles. The minimum atomic E-state index is 0.372. The summed E-state index contributed by atoms with van der Waals surface area (Å²) < 4.78 is 4.94. The Morgan fingerprint density at radius 1 is 1.12 bits per heavy atom. The van der Waals surface area contributed by atoms with E-state index in [2.05, 4.69) is 13.8 Å². The zero-order valence-electron chi connectivity index (χ0n) is 11.2. The summed E-state index contributed by atoms with van der Waals surface area (Å²) in [6.45, 7) is 6.69. The summed E-state index contributed by atoms with van der Waals surface area (Å²) in [5.41, 5.74) is 0. The van der Waals surface area contributed by atoms with E-state index in [1.807, 2.05) is 0 Å². The SMILES string of the molecule is C1CCOC1.CCCCC(CC)CO.CO. The van der Waals surface area contributed by atoms with Gasteiger partial charge in [0.2, 0.25) is 0 Å². The fourth-order valence-corrected chi connectivity index (χ4v) is 1.43. The van der Waals surface area contributed by atoms with E-state index >= 15 is 0 Å². The van der Waals surface area contributed by atoms with Crippen LogP contribution in [0.5, 0.6) is 0 Å². The second-order valence-corrected chi connectivity index (χ2v) is 3.92. The van der Waals surface area contributed by atoms with Gasteiger partial charge in [-0.25, -0.2) is 0 Å². The Kier molecular flexibility index (Phi) is 19.7. The molecule has 0 spiro atoms. The summed E-state index contributed by atoms with van der Waals surface area (Å²) in [5, 5.41) is 15.8. The smallest absolute Gasteiger partial charge is 0.0466 e. The fourth-order valence-electron chi connectivity index (χ4n) is 1.43. The van der Waals surface area contributed by atoms with E-state index in [0.29, 0.717) is 12.5 Å². The van der Waals surface area contributed by atoms with Crippen molar-refractivity contribution in [3.8, 4) is 0 Å². The van der Waals surface area contributed by atoms with Gasteiger partial charge in [-0.15, -0.1) is 0 Å². The van der Waals surface area contributed by atoms with E-state index in [1.54, 1.807) is 0 Å². The number of hydrogen-bond donors (Lipinski definition) is 2. The minimum absolute atomic E-state index is 0.372. The molecule has 1 aliphatic rings. The Morgan fingerprint density at radius 3 is 1.94 bits per heavy atom. The highest BCUT2D eigenvalue weighted by Crippen LogP contribution is 2.10. The molecule has 100 valence electrons. The van der Waals surface area contributed by atoms with Crippen molar-refractivity contribution in [2.24, 2.45) is 5.92 Å². The van der Waals surface area contributed by atoms with Crippen LogP contribution in [0.15, 0.2) is 0 Å². The Morgan fingerprint density at radius 2 is 1.69 bits per heavy atom. The number of unbranched alkanes of at least 4 members (excludes halogenated alkanes) is 1. The summed E-state index contributed by atoms with van der Waals surface area (Å²) in [6, 6.07) is 0. The van der Waals surface area contributed by atoms with Gasteiger partial charge in [-0.3, -0.25) is 0 Å². The minimum Gasteiger partial charge on any atom is -0.400 e. The molecule has 1 atom stereocenters. The van der Waals surface area contributed by atoms with Gasteiger partial charge in [-0.2, -0.15) is 0 Å². The lowest BCUT2D eigenvalue weighted by Crippen LogP contribution is -2.03. The number of aliphatic hydroxyl groups is 2. The zero-order valence-corrected chi connectivity index (χ0v) is 11.2. The van der Waals surface area contributed by atoms with Crippen molar-refractivity contribution in [2.75, 3.05) is 26.9 Å². The van der Waals surface area contributed by atoms with Crippen LogP contribution in [-0.2, 0) is 4.74 Å². The summed E-state index contributed by atoms with van der Waals surface area (Å²) in [7, 11) is 1.00. The normalized spacial score (nSPS) is 15.6. The molecule has 2 N–H and O–H groups in total. The number of hydrogen-bond acceptors (Lipinski definition) is 3. The van der Waals surface area contributed by atoms with E-state index in [9.17, 15) is 0 Å². The summed E-state index contributed by atoms with van der Waals surface area (Å²) in [5.74, 6) is 0.560. The molecule has 3 nitrogen and oxygen atoms in total. The molecule has 0 aliphatic carbocycles. The first-order valence-corrected chi connectivity index (χ1v) is 6.48. The largest absolute Gasteiger partial charge is 0.400 e. The second-order valence-electron chi connectivity index (χ2n) is 3.92. The molecule has 3 heteroatoms. The van der Waals surface area contributed by atoms with Gasteiger partial charge in [0.05, 0.1) is 0 Å². The van der Waals surface area contributed by atoms with Gasteiger partial charge in [0.1, 0.15) is 0 Å². The molecule has 1 fully saturated rings. The number of ether oxygens (including phenoxy) is 1. The van der Waals surface area contributed by atoms with Crippen molar-refractivity contribution in [3.05, 3.63) is 0 Å². The lowest BCUT2D eigenvalue weighted by Gasteiger charge is -2.08. The van der Waals surface area contributed by atoms with Crippen molar-refractivity contribution in [1.29, 1.82) is 0 Å². The van der Waals surface area contributed by atoms with Gasteiger partial charge in [0, 0.05) is 26.9 Å². The van der Waals surface area contributed by atoms with Gasteiger partial charge in [0.15, 0.2) is 0 Å². The second kappa shape index (κ2) is 17.3. The average molecular weight is 234 g/mol. The summed E-state index contributed by atoms with van der Waals surface area (Å²) >= 11 is 0. The maximum absolute atomic E-state index is 8.75. The predicted octanol–water partition coefficient (Wildman–Crippen LogP) is 2.60. The predicted molar refractivity (Wildman–Crippen MR) is 68.6 cm³/mol. The molecule has 1 unspecified atom stereocenters. The van der Waals surface area contributed by atoms with Crippen LogP contribution in [0.3, 0.4) is 0 Å². The lowest BCUT2D eigenvalue weighted by molar-refractivity contribution is 0.198. The van der Waals surface area contributed by atoms with Crippen LogP contribution in [0, 0.1) is 5.92 Å². The van der Waals surface area contributed by atoms with Crippen LogP contribution in [0.2, 0.25) is 0 Å². The molecule has 0 aromatic rings. The van der Waals surface area contributed by atoms with Crippen LogP contribution in [-0.4, -0.2) is 37.1 Å². The lowest BCUT2D eigenvalue weighted by atomic mass is 10.0. The highest BCUT2D eigenvalue weighted by molar-refractivity contribution is 4.53. The Bertz CT molecular complexity index is 91.7. The maximum atomic E-state index is 8.75. The van der Waals surface area contributed by atoms with Crippen LogP contribution in [0.1, 0.15) is 52.4 Å². The molecule has 1 saturated heterocycles. The molecule has 1 aliphatic heterocycles. The quantitative estimate of drug-likeness (QED) is 0.768. The molecule has 0 radical (unpaired) electrons. The van der Waals surface area contributed by atoms with Crippen LogP contribution < -0.4 is 0 Å². The highest BCUT2D eigenvalue weighted by Gasteiger charge is 2.01. The standard InChI is InChI=1S/C8H18O.C4H8O.CH4O/c1-3-5-6-8(4-2)7-9;1-2-4-5-3-1;1-2/h8-9H,3-7H2,1-2H3;1-4H2;2H,1H3. The monoisotopic (exact) mass is 234 g/mol. The number of rotatable bonds is 5.